The monoisotopic (exact) mass is 208 g/mol. The molecule has 0 fully saturated rings. The molecule has 1 N–H and O–H groups in total. The first kappa shape index (κ1) is 11.4. The fourth-order valence-corrected chi connectivity index (χ4v) is 1.12. The molecule has 5 heteroatoms. The van der Waals surface area contributed by atoms with E-state index in [1.54, 1.807) is 14.1 Å². The number of hydrogen-bond acceptors (Lipinski definition) is 4. The number of likely N-dealkylation sites (N-methyl/N-ethyl adjacent to an activating group) is 1. The first-order valence-electron chi connectivity index (χ1n) is 4.75. The van der Waals surface area contributed by atoms with Gasteiger partial charge in [0.05, 0.1) is 6.54 Å². The van der Waals surface area contributed by atoms with Crippen LogP contribution in [-0.4, -0.2) is 41.4 Å². The molecule has 0 radical (unpaired) electrons. The van der Waals surface area contributed by atoms with Crippen LogP contribution in [0.5, 0.6) is 0 Å². The fourth-order valence-electron chi connectivity index (χ4n) is 1.12. The summed E-state index contributed by atoms with van der Waals surface area (Å²) < 4.78 is 0. The van der Waals surface area contributed by atoms with Gasteiger partial charge in [-0.15, -0.1) is 0 Å². The van der Waals surface area contributed by atoms with Crippen molar-refractivity contribution in [1.29, 1.82) is 0 Å². The lowest BCUT2D eigenvalue weighted by Crippen LogP contribution is -2.29. The Hall–Kier alpha value is -1.65. The lowest BCUT2D eigenvalue weighted by atomic mass is 10.4. The minimum absolute atomic E-state index is 0.00207. The highest BCUT2D eigenvalue weighted by atomic mass is 16.2. The number of anilines is 1. The zero-order valence-electron chi connectivity index (χ0n) is 9.53. The first-order chi connectivity index (χ1) is 6.99. The quantitative estimate of drug-likeness (QED) is 0.790. The van der Waals surface area contributed by atoms with Crippen molar-refractivity contribution in [1.82, 2.24) is 14.9 Å². The summed E-state index contributed by atoms with van der Waals surface area (Å²) >= 11 is 0. The van der Waals surface area contributed by atoms with Gasteiger partial charge in [0.2, 0.25) is 11.9 Å². The highest BCUT2D eigenvalue weighted by Gasteiger charge is 2.04. The van der Waals surface area contributed by atoms with Crippen molar-refractivity contribution in [2.24, 2.45) is 0 Å². The van der Waals surface area contributed by atoms with Crippen molar-refractivity contribution >= 4 is 11.9 Å². The molecule has 1 rings (SSSR count). The lowest BCUT2D eigenvalue weighted by Gasteiger charge is -2.11. The summed E-state index contributed by atoms with van der Waals surface area (Å²) in [7, 11) is 3.43. The van der Waals surface area contributed by atoms with Gasteiger partial charge in [-0.2, -0.15) is 0 Å². The van der Waals surface area contributed by atoms with Crippen molar-refractivity contribution in [3.63, 3.8) is 0 Å². The summed E-state index contributed by atoms with van der Waals surface area (Å²) in [6, 6.07) is 1.89. The van der Waals surface area contributed by atoms with Gasteiger partial charge in [0.25, 0.3) is 0 Å². The maximum Gasteiger partial charge on any atom is 0.241 e. The number of carbonyl (C=O) groups is 1. The number of nitrogens with zero attached hydrogens (tertiary/aromatic N) is 3. The van der Waals surface area contributed by atoms with E-state index in [0.717, 1.165) is 11.4 Å². The number of carbonyl (C=O) groups excluding carboxylic acids is 1. The Labute approximate surface area is 89.5 Å². The van der Waals surface area contributed by atoms with E-state index in [2.05, 4.69) is 15.3 Å². The number of aryl methyl sites for hydroxylation is 2. The minimum Gasteiger partial charge on any atom is -0.347 e. The Morgan fingerprint density at radius 2 is 1.87 bits per heavy atom. The van der Waals surface area contributed by atoms with E-state index in [1.807, 2.05) is 19.9 Å². The highest BCUT2D eigenvalue weighted by molar-refractivity contribution is 5.79. The molecule has 0 unspecified atom stereocenters. The highest BCUT2D eigenvalue weighted by Crippen LogP contribution is 2.02. The molecular weight excluding hydrogens is 192 g/mol. The third-order valence-electron chi connectivity index (χ3n) is 1.88. The van der Waals surface area contributed by atoms with Crippen molar-refractivity contribution in [3.8, 4) is 0 Å². The van der Waals surface area contributed by atoms with E-state index in [4.69, 9.17) is 0 Å². The molecule has 0 aromatic carbocycles. The fraction of sp³-hybridized carbons (Fsp3) is 0.500. The minimum atomic E-state index is -0.00207. The summed E-state index contributed by atoms with van der Waals surface area (Å²) in [6.07, 6.45) is 0. The van der Waals surface area contributed by atoms with Crippen LogP contribution in [0.2, 0.25) is 0 Å². The Kier molecular flexibility index (Phi) is 3.60. The molecule has 15 heavy (non-hydrogen) atoms. The molecule has 0 bridgehead atoms. The van der Waals surface area contributed by atoms with Crippen LogP contribution in [0.4, 0.5) is 5.95 Å². The van der Waals surface area contributed by atoms with E-state index in [1.165, 1.54) is 4.90 Å². The molecule has 0 atom stereocenters. The number of hydrogen-bond donors (Lipinski definition) is 1. The van der Waals surface area contributed by atoms with Gasteiger partial charge < -0.3 is 10.2 Å². The van der Waals surface area contributed by atoms with Crippen LogP contribution >= 0.6 is 0 Å². The average molecular weight is 208 g/mol. The van der Waals surface area contributed by atoms with Crippen LogP contribution < -0.4 is 5.32 Å². The van der Waals surface area contributed by atoms with E-state index >= 15 is 0 Å². The number of aromatic nitrogens is 2. The van der Waals surface area contributed by atoms with Crippen molar-refractivity contribution < 1.29 is 4.79 Å². The van der Waals surface area contributed by atoms with Crippen LogP contribution in [0.3, 0.4) is 0 Å². The van der Waals surface area contributed by atoms with Crippen molar-refractivity contribution in [2.45, 2.75) is 13.8 Å². The molecule has 0 saturated carbocycles. The van der Waals surface area contributed by atoms with E-state index < -0.39 is 0 Å². The first-order valence-corrected chi connectivity index (χ1v) is 4.75. The number of nitrogens with one attached hydrogen (secondary N) is 1. The zero-order chi connectivity index (χ0) is 11.4. The third-order valence-corrected chi connectivity index (χ3v) is 1.88. The van der Waals surface area contributed by atoms with Crippen LogP contribution in [0, 0.1) is 13.8 Å². The Morgan fingerprint density at radius 1 is 1.33 bits per heavy atom. The summed E-state index contributed by atoms with van der Waals surface area (Å²) in [5.41, 5.74) is 1.78. The maximum atomic E-state index is 11.3. The Bertz CT molecular complexity index is 342. The van der Waals surface area contributed by atoms with Crippen LogP contribution in [0.25, 0.3) is 0 Å². The summed E-state index contributed by atoms with van der Waals surface area (Å²) in [5.74, 6) is 0.500. The summed E-state index contributed by atoms with van der Waals surface area (Å²) in [4.78, 5) is 21.2. The van der Waals surface area contributed by atoms with Gasteiger partial charge in [-0.3, -0.25) is 4.79 Å². The van der Waals surface area contributed by atoms with Gasteiger partial charge in [0.15, 0.2) is 0 Å². The molecule has 0 saturated heterocycles. The molecule has 0 spiro atoms. The van der Waals surface area contributed by atoms with Gasteiger partial charge >= 0.3 is 0 Å². The van der Waals surface area contributed by atoms with E-state index in [0.29, 0.717) is 5.95 Å². The molecule has 1 aromatic heterocycles. The molecule has 82 valence electrons. The Morgan fingerprint density at radius 3 is 2.33 bits per heavy atom. The summed E-state index contributed by atoms with van der Waals surface area (Å²) in [5, 5.41) is 2.89. The second-order valence-corrected chi connectivity index (χ2v) is 3.62. The van der Waals surface area contributed by atoms with E-state index in [9.17, 15) is 4.79 Å². The standard InChI is InChI=1S/C10H16N4O/c1-7-5-8(2)13-10(12-7)11-6-9(15)14(3)4/h5H,6H2,1-4H3,(H,11,12,13). The lowest BCUT2D eigenvalue weighted by molar-refractivity contribution is -0.126. The molecule has 1 amide bonds. The van der Waals surface area contributed by atoms with Gasteiger partial charge in [0, 0.05) is 25.5 Å². The van der Waals surface area contributed by atoms with Crippen LogP contribution in [0.1, 0.15) is 11.4 Å². The van der Waals surface area contributed by atoms with Crippen molar-refractivity contribution in [2.75, 3.05) is 26.0 Å². The maximum absolute atomic E-state index is 11.3. The molecule has 0 aliphatic carbocycles. The second-order valence-electron chi connectivity index (χ2n) is 3.62. The number of amides is 1. The van der Waals surface area contributed by atoms with Gasteiger partial charge in [-0.25, -0.2) is 9.97 Å². The predicted molar refractivity (Wildman–Crippen MR) is 58.7 cm³/mol. The molecule has 5 nitrogen and oxygen atoms in total. The van der Waals surface area contributed by atoms with Crippen LogP contribution in [-0.2, 0) is 4.79 Å². The second kappa shape index (κ2) is 4.72. The zero-order valence-corrected chi connectivity index (χ0v) is 9.53. The molecular formula is C10H16N4O. The third kappa shape index (κ3) is 3.53. The van der Waals surface area contributed by atoms with Gasteiger partial charge in [-0.05, 0) is 19.9 Å². The summed E-state index contributed by atoms with van der Waals surface area (Å²) in [6.45, 7) is 4.01. The average Bonchev–Trinajstić information content (AvgIpc) is 2.12. The van der Waals surface area contributed by atoms with Crippen LogP contribution in [0.15, 0.2) is 6.07 Å². The smallest absolute Gasteiger partial charge is 0.241 e. The molecule has 0 aliphatic heterocycles. The number of rotatable bonds is 3. The predicted octanol–water partition coefficient (Wildman–Crippen LogP) is 0.594. The van der Waals surface area contributed by atoms with Gasteiger partial charge in [-0.1, -0.05) is 0 Å². The molecule has 0 aliphatic rings. The molecule has 1 heterocycles. The molecule has 1 aromatic rings. The van der Waals surface area contributed by atoms with E-state index in [-0.39, 0.29) is 12.5 Å². The largest absolute Gasteiger partial charge is 0.347 e. The Balaban J connectivity index is 2.61. The van der Waals surface area contributed by atoms with Gasteiger partial charge in [0.1, 0.15) is 0 Å². The van der Waals surface area contributed by atoms with Crippen molar-refractivity contribution in [3.05, 3.63) is 17.5 Å². The SMILES string of the molecule is Cc1cc(C)nc(NCC(=O)N(C)C)n1. The normalized spacial score (nSPS) is 9.87. The topological polar surface area (TPSA) is 58.1 Å².